The Balaban J connectivity index is 1.36. The molecule has 2 aliphatic heterocycles. The minimum atomic E-state index is 0.321. The third kappa shape index (κ3) is 2.22. The lowest BCUT2D eigenvalue weighted by Gasteiger charge is -2.29. The van der Waals surface area contributed by atoms with E-state index in [1.165, 1.54) is 18.7 Å². The van der Waals surface area contributed by atoms with Crippen LogP contribution < -0.4 is 0 Å². The summed E-state index contributed by atoms with van der Waals surface area (Å²) >= 11 is 0. The molecule has 108 valence electrons. The molecule has 6 nitrogen and oxygen atoms in total. The lowest BCUT2D eigenvalue weighted by molar-refractivity contribution is -0.127. The van der Waals surface area contributed by atoms with Crippen LogP contribution in [0, 0.1) is 0 Å². The molecular formula is C14H21N5O. The molecule has 0 radical (unpaired) electrons. The topological polar surface area (TPSA) is 54.3 Å². The van der Waals surface area contributed by atoms with Crippen LogP contribution in [0.25, 0.3) is 0 Å². The molecule has 20 heavy (non-hydrogen) atoms. The van der Waals surface area contributed by atoms with E-state index in [9.17, 15) is 4.79 Å². The van der Waals surface area contributed by atoms with Crippen LogP contribution in [0.4, 0.5) is 0 Å². The molecule has 3 heterocycles. The maximum absolute atomic E-state index is 11.6. The zero-order chi connectivity index (χ0) is 13.5. The van der Waals surface area contributed by atoms with Crippen molar-refractivity contribution in [1.82, 2.24) is 24.6 Å². The number of carbonyl (C=O) groups is 1. The van der Waals surface area contributed by atoms with Gasteiger partial charge in [-0.05, 0) is 19.3 Å². The first-order valence-electron chi connectivity index (χ1n) is 7.73. The van der Waals surface area contributed by atoms with Gasteiger partial charge < -0.3 is 9.47 Å². The van der Waals surface area contributed by atoms with Crippen LogP contribution in [0.5, 0.6) is 0 Å². The fourth-order valence-corrected chi connectivity index (χ4v) is 3.27. The number of likely N-dealkylation sites (tertiary alicyclic amines) is 1. The van der Waals surface area contributed by atoms with Crippen molar-refractivity contribution in [2.75, 3.05) is 26.2 Å². The highest BCUT2D eigenvalue weighted by molar-refractivity contribution is 5.78. The third-order valence-corrected chi connectivity index (χ3v) is 4.66. The number of nitrogens with zero attached hydrogens (tertiary/aromatic N) is 5. The molecular weight excluding hydrogens is 254 g/mol. The van der Waals surface area contributed by atoms with Crippen LogP contribution in [0.15, 0.2) is 0 Å². The molecule has 1 aromatic heterocycles. The fourth-order valence-electron chi connectivity index (χ4n) is 3.27. The molecule has 1 aliphatic carbocycles. The average molecular weight is 275 g/mol. The summed E-state index contributed by atoms with van der Waals surface area (Å²) in [5.41, 5.74) is 0. The van der Waals surface area contributed by atoms with Gasteiger partial charge in [-0.3, -0.25) is 9.69 Å². The van der Waals surface area contributed by atoms with Crippen LogP contribution in [0.3, 0.4) is 0 Å². The maximum Gasteiger partial charge on any atom is 0.222 e. The number of aromatic nitrogens is 3. The van der Waals surface area contributed by atoms with Crippen molar-refractivity contribution in [2.24, 2.45) is 0 Å². The second-order valence-electron chi connectivity index (χ2n) is 6.16. The van der Waals surface area contributed by atoms with Crippen molar-refractivity contribution < 1.29 is 4.79 Å². The Labute approximate surface area is 118 Å². The lowest BCUT2D eigenvalue weighted by atomic mass is 10.3. The molecule has 1 saturated carbocycles. The Morgan fingerprint density at radius 1 is 1.10 bits per heavy atom. The summed E-state index contributed by atoms with van der Waals surface area (Å²) in [7, 11) is 0. The normalized spacial score (nSPS) is 23.4. The predicted molar refractivity (Wildman–Crippen MR) is 73.1 cm³/mol. The summed E-state index contributed by atoms with van der Waals surface area (Å²) in [6, 6.07) is 0. The molecule has 0 spiro atoms. The highest BCUT2D eigenvalue weighted by Crippen LogP contribution is 2.39. The quantitative estimate of drug-likeness (QED) is 0.807. The summed E-state index contributed by atoms with van der Waals surface area (Å²) in [5.74, 6) is 3.30. The SMILES string of the molecule is O=C1CCCN1CCN1CCn2c(nnc2C2CC2)C1. The molecule has 0 bridgehead atoms. The smallest absolute Gasteiger partial charge is 0.222 e. The molecule has 0 unspecified atom stereocenters. The minimum absolute atomic E-state index is 0.321. The van der Waals surface area contributed by atoms with Gasteiger partial charge in [-0.1, -0.05) is 0 Å². The van der Waals surface area contributed by atoms with E-state index < -0.39 is 0 Å². The maximum atomic E-state index is 11.6. The molecule has 4 rings (SSSR count). The first kappa shape index (κ1) is 12.3. The summed E-state index contributed by atoms with van der Waals surface area (Å²) in [5, 5.41) is 8.72. The van der Waals surface area contributed by atoms with E-state index >= 15 is 0 Å². The van der Waals surface area contributed by atoms with Gasteiger partial charge in [0.1, 0.15) is 11.6 Å². The van der Waals surface area contributed by atoms with Crippen LogP contribution in [-0.2, 0) is 17.9 Å². The predicted octanol–water partition coefficient (Wildman–Crippen LogP) is 0.593. The van der Waals surface area contributed by atoms with Crippen molar-refractivity contribution in [3.8, 4) is 0 Å². The first-order valence-corrected chi connectivity index (χ1v) is 7.73. The Kier molecular flexibility index (Phi) is 2.98. The molecule has 1 amide bonds. The third-order valence-electron chi connectivity index (χ3n) is 4.66. The zero-order valence-corrected chi connectivity index (χ0v) is 11.8. The summed E-state index contributed by atoms with van der Waals surface area (Å²) in [4.78, 5) is 16.0. The monoisotopic (exact) mass is 275 g/mol. The lowest BCUT2D eigenvalue weighted by Crippen LogP contribution is -2.40. The number of carbonyl (C=O) groups excluding carboxylic acids is 1. The largest absolute Gasteiger partial charge is 0.341 e. The van der Waals surface area contributed by atoms with E-state index in [1.807, 2.05) is 4.90 Å². The van der Waals surface area contributed by atoms with Gasteiger partial charge in [-0.2, -0.15) is 0 Å². The van der Waals surface area contributed by atoms with Gasteiger partial charge in [0.2, 0.25) is 5.91 Å². The molecule has 0 atom stereocenters. The number of fused-ring (bicyclic) bond motifs is 1. The molecule has 3 aliphatic rings. The number of amides is 1. The van der Waals surface area contributed by atoms with Crippen molar-refractivity contribution in [3.63, 3.8) is 0 Å². The van der Waals surface area contributed by atoms with Crippen LogP contribution in [0.2, 0.25) is 0 Å². The van der Waals surface area contributed by atoms with E-state index in [0.717, 1.165) is 57.9 Å². The summed E-state index contributed by atoms with van der Waals surface area (Å²) in [6.45, 7) is 5.69. The van der Waals surface area contributed by atoms with Gasteiger partial charge >= 0.3 is 0 Å². The van der Waals surface area contributed by atoms with E-state index in [-0.39, 0.29) is 0 Å². The van der Waals surface area contributed by atoms with Gasteiger partial charge in [0.25, 0.3) is 0 Å². The molecule has 1 aromatic rings. The van der Waals surface area contributed by atoms with Crippen molar-refractivity contribution in [1.29, 1.82) is 0 Å². The molecule has 0 N–H and O–H groups in total. The second-order valence-corrected chi connectivity index (χ2v) is 6.16. The van der Waals surface area contributed by atoms with Crippen molar-refractivity contribution >= 4 is 5.91 Å². The number of rotatable bonds is 4. The molecule has 2 fully saturated rings. The van der Waals surface area contributed by atoms with Gasteiger partial charge in [0, 0.05) is 45.1 Å². The highest BCUT2D eigenvalue weighted by atomic mass is 16.2. The van der Waals surface area contributed by atoms with E-state index in [4.69, 9.17) is 0 Å². The molecule has 1 saturated heterocycles. The fraction of sp³-hybridized carbons (Fsp3) is 0.786. The summed E-state index contributed by atoms with van der Waals surface area (Å²) in [6.07, 6.45) is 4.31. The van der Waals surface area contributed by atoms with Gasteiger partial charge in [-0.25, -0.2) is 0 Å². The summed E-state index contributed by atoms with van der Waals surface area (Å²) < 4.78 is 2.31. The highest BCUT2D eigenvalue weighted by Gasteiger charge is 2.32. The molecule has 0 aromatic carbocycles. The zero-order valence-electron chi connectivity index (χ0n) is 11.8. The van der Waals surface area contributed by atoms with Gasteiger partial charge in [0.15, 0.2) is 0 Å². The Bertz CT molecular complexity index is 522. The average Bonchev–Trinajstić information content (AvgIpc) is 3.09. The van der Waals surface area contributed by atoms with E-state index in [0.29, 0.717) is 11.8 Å². The Morgan fingerprint density at radius 2 is 2.00 bits per heavy atom. The van der Waals surface area contributed by atoms with Gasteiger partial charge in [0.05, 0.1) is 6.54 Å². The minimum Gasteiger partial charge on any atom is -0.341 e. The van der Waals surface area contributed by atoms with Crippen molar-refractivity contribution in [2.45, 2.75) is 44.7 Å². The van der Waals surface area contributed by atoms with Crippen LogP contribution in [-0.4, -0.2) is 56.7 Å². The molecule has 6 heteroatoms. The first-order chi connectivity index (χ1) is 9.81. The standard InChI is InChI=1S/C14H21N5O/c20-13-2-1-5-18(13)8-6-17-7-9-19-12(10-17)15-16-14(19)11-3-4-11/h11H,1-10H2. The van der Waals surface area contributed by atoms with Crippen LogP contribution >= 0.6 is 0 Å². The van der Waals surface area contributed by atoms with Crippen molar-refractivity contribution in [3.05, 3.63) is 11.6 Å². The number of hydrogen-bond donors (Lipinski definition) is 0. The number of hydrogen-bond acceptors (Lipinski definition) is 4. The second kappa shape index (κ2) is 4.84. The van der Waals surface area contributed by atoms with E-state index in [1.54, 1.807) is 0 Å². The Hall–Kier alpha value is -1.43. The van der Waals surface area contributed by atoms with E-state index in [2.05, 4.69) is 19.7 Å². The van der Waals surface area contributed by atoms with Gasteiger partial charge in [-0.15, -0.1) is 10.2 Å². The Morgan fingerprint density at radius 3 is 2.75 bits per heavy atom. The van der Waals surface area contributed by atoms with Crippen LogP contribution in [0.1, 0.15) is 43.3 Å².